The van der Waals surface area contributed by atoms with Gasteiger partial charge in [-0.15, -0.1) is 0 Å². The van der Waals surface area contributed by atoms with Crippen molar-refractivity contribution < 1.29 is 14.3 Å². The van der Waals surface area contributed by atoms with Gasteiger partial charge in [0.15, 0.2) is 18.1 Å². The van der Waals surface area contributed by atoms with Crippen LogP contribution in [-0.4, -0.2) is 31.1 Å². The monoisotopic (exact) mass is 324 g/mol. The Morgan fingerprint density at radius 3 is 2.29 bits per heavy atom. The van der Waals surface area contributed by atoms with Crippen molar-refractivity contribution in [2.45, 2.75) is 13.5 Å². The number of likely N-dealkylation sites (N-methyl/N-ethyl adjacent to an activating group) is 1. The first-order valence-electron chi connectivity index (χ1n) is 7.71. The number of para-hydroxylation sites is 2. The zero-order valence-electron chi connectivity index (χ0n) is 13.9. The third-order valence-corrected chi connectivity index (χ3v) is 3.43. The maximum absolute atomic E-state index is 12.2. The Balaban J connectivity index is 1.91. The number of nitriles is 1. The molecule has 5 nitrogen and oxygen atoms in total. The van der Waals surface area contributed by atoms with Crippen LogP contribution in [0.5, 0.6) is 11.5 Å². The standard InChI is InChI=1S/C19H20N2O3/c1-3-23-17-6-4-5-7-18(17)24-14-19(22)21(2)13-16-10-8-15(12-20)9-11-16/h4-11H,3,13-14H2,1-2H3. The molecular weight excluding hydrogens is 304 g/mol. The zero-order chi connectivity index (χ0) is 17.4. The molecule has 1 amide bonds. The van der Waals surface area contributed by atoms with Crippen molar-refractivity contribution in [2.75, 3.05) is 20.3 Å². The Labute approximate surface area is 142 Å². The summed E-state index contributed by atoms with van der Waals surface area (Å²) in [5.41, 5.74) is 1.56. The quantitative estimate of drug-likeness (QED) is 0.785. The second kappa shape index (κ2) is 8.59. The minimum absolute atomic E-state index is 0.0587. The van der Waals surface area contributed by atoms with Crippen molar-refractivity contribution in [3.8, 4) is 17.6 Å². The van der Waals surface area contributed by atoms with Crippen LogP contribution >= 0.6 is 0 Å². The van der Waals surface area contributed by atoms with E-state index < -0.39 is 0 Å². The molecule has 2 aromatic rings. The van der Waals surface area contributed by atoms with E-state index in [1.807, 2.05) is 37.3 Å². The van der Waals surface area contributed by atoms with Gasteiger partial charge >= 0.3 is 0 Å². The van der Waals surface area contributed by atoms with Gasteiger partial charge in [0.1, 0.15) is 0 Å². The molecule has 0 bridgehead atoms. The molecule has 0 aliphatic rings. The van der Waals surface area contributed by atoms with Crippen molar-refractivity contribution in [3.05, 3.63) is 59.7 Å². The van der Waals surface area contributed by atoms with Crippen LogP contribution in [0.1, 0.15) is 18.1 Å². The maximum Gasteiger partial charge on any atom is 0.260 e. The molecule has 24 heavy (non-hydrogen) atoms. The highest BCUT2D eigenvalue weighted by Gasteiger charge is 2.12. The van der Waals surface area contributed by atoms with Crippen molar-refractivity contribution >= 4 is 5.91 Å². The summed E-state index contributed by atoms with van der Waals surface area (Å²) in [4.78, 5) is 13.8. The van der Waals surface area contributed by atoms with Gasteiger partial charge in [0.05, 0.1) is 18.2 Å². The fraction of sp³-hybridized carbons (Fsp3) is 0.263. The van der Waals surface area contributed by atoms with Crippen molar-refractivity contribution in [3.63, 3.8) is 0 Å². The molecule has 0 radical (unpaired) electrons. The van der Waals surface area contributed by atoms with Gasteiger partial charge in [-0.1, -0.05) is 24.3 Å². The largest absolute Gasteiger partial charge is 0.490 e. The summed E-state index contributed by atoms with van der Waals surface area (Å²) in [7, 11) is 1.72. The van der Waals surface area contributed by atoms with Crippen LogP contribution in [0.15, 0.2) is 48.5 Å². The molecule has 0 fully saturated rings. The molecule has 0 saturated carbocycles. The van der Waals surface area contributed by atoms with E-state index in [0.717, 1.165) is 5.56 Å². The molecule has 124 valence electrons. The lowest BCUT2D eigenvalue weighted by Crippen LogP contribution is -2.31. The highest BCUT2D eigenvalue weighted by molar-refractivity contribution is 5.77. The van der Waals surface area contributed by atoms with Crippen LogP contribution in [0.25, 0.3) is 0 Å². The summed E-state index contributed by atoms with van der Waals surface area (Å²) in [6.45, 7) is 2.83. The number of amides is 1. The van der Waals surface area contributed by atoms with E-state index in [0.29, 0.717) is 30.2 Å². The number of carbonyl (C=O) groups is 1. The first kappa shape index (κ1) is 17.4. The van der Waals surface area contributed by atoms with Gasteiger partial charge in [-0.05, 0) is 36.8 Å². The molecule has 0 saturated heterocycles. The fourth-order valence-electron chi connectivity index (χ4n) is 2.14. The Kier molecular flexibility index (Phi) is 6.21. The summed E-state index contributed by atoms with van der Waals surface area (Å²) >= 11 is 0. The molecular formula is C19H20N2O3. The van der Waals surface area contributed by atoms with Gasteiger partial charge in [-0.3, -0.25) is 4.79 Å². The highest BCUT2D eigenvalue weighted by Crippen LogP contribution is 2.26. The SMILES string of the molecule is CCOc1ccccc1OCC(=O)N(C)Cc1ccc(C#N)cc1. The van der Waals surface area contributed by atoms with Gasteiger partial charge in [0.25, 0.3) is 5.91 Å². The topological polar surface area (TPSA) is 62.6 Å². The number of rotatable bonds is 7. The van der Waals surface area contributed by atoms with Crippen LogP contribution in [0.3, 0.4) is 0 Å². The minimum Gasteiger partial charge on any atom is -0.490 e. The normalized spacial score (nSPS) is 9.88. The molecule has 2 rings (SSSR count). The van der Waals surface area contributed by atoms with Crippen molar-refractivity contribution in [1.82, 2.24) is 4.90 Å². The Morgan fingerprint density at radius 1 is 1.08 bits per heavy atom. The second-order valence-electron chi connectivity index (χ2n) is 5.23. The van der Waals surface area contributed by atoms with Gasteiger partial charge in [-0.25, -0.2) is 0 Å². The molecule has 2 aromatic carbocycles. The number of ether oxygens (including phenoxy) is 2. The molecule has 0 heterocycles. The lowest BCUT2D eigenvalue weighted by Gasteiger charge is -2.18. The predicted octanol–water partition coefficient (Wildman–Crippen LogP) is 2.99. The molecule has 0 aliphatic carbocycles. The van der Waals surface area contributed by atoms with Crippen LogP contribution in [0.4, 0.5) is 0 Å². The molecule has 0 aliphatic heterocycles. The molecule has 0 spiro atoms. The lowest BCUT2D eigenvalue weighted by molar-refractivity contribution is -0.132. The zero-order valence-corrected chi connectivity index (χ0v) is 13.9. The summed E-state index contributed by atoms with van der Waals surface area (Å²) in [6, 6.07) is 16.5. The van der Waals surface area contributed by atoms with E-state index in [9.17, 15) is 4.79 Å². The average Bonchev–Trinajstić information content (AvgIpc) is 2.61. The van der Waals surface area contributed by atoms with Crippen LogP contribution in [0, 0.1) is 11.3 Å². The molecule has 0 N–H and O–H groups in total. The minimum atomic E-state index is -0.134. The van der Waals surface area contributed by atoms with Gasteiger partial charge in [0, 0.05) is 13.6 Å². The number of hydrogen-bond donors (Lipinski definition) is 0. The van der Waals surface area contributed by atoms with Crippen molar-refractivity contribution in [2.24, 2.45) is 0 Å². The number of nitrogens with zero attached hydrogens (tertiary/aromatic N) is 2. The maximum atomic E-state index is 12.2. The number of hydrogen-bond acceptors (Lipinski definition) is 4. The highest BCUT2D eigenvalue weighted by atomic mass is 16.5. The third kappa shape index (κ3) is 4.75. The molecule has 5 heteroatoms. The Morgan fingerprint density at radius 2 is 1.71 bits per heavy atom. The third-order valence-electron chi connectivity index (χ3n) is 3.43. The van der Waals surface area contributed by atoms with Gasteiger partial charge < -0.3 is 14.4 Å². The molecule has 0 unspecified atom stereocenters. The summed E-state index contributed by atoms with van der Waals surface area (Å²) in [5.74, 6) is 1.05. The number of carbonyl (C=O) groups excluding carboxylic acids is 1. The number of benzene rings is 2. The van der Waals surface area contributed by atoms with E-state index >= 15 is 0 Å². The van der Waals surface area contributed by atoms with Crippen LogP contribution in [-0.2, 0) is 11.3 Å². The Hall–Kier alpha value is -3.00. The summed E-state index contributed by atoms with van der Waals surface area (Å²) in [6.07, 6.45) is 0. The van der Waals surface area contributed by atoms with E-state index in [4.69, 9.17) is 14.7 Å². The Bertz CT molecular complexity index is 720. The van der Waals surface area contributed by atoms with Gasteiger partial charge in [-0.2, -0.15) is 5.26 Å². The van der Waals surface area contributed by atoms with E-state index in [1.165, 1.54) is 0 Å². The van der Waals surface area contributed by atoms with Gasteiger partial charge in [0.2, 0.25) is 0 Å². The fourth-order valence-corrected chi connectivity index (χ4v) is 2.14. The molecule has 0 aromatic heterocycles. The molecule has 0 atom stereocenters. The average molecular weight is 324 g/mol. The first-order chi connectivity index (χ1) is 11.6. The van der Waals surface area contributed by atoms with E-state index in [1.54, 1.807) is 30.1 Å². The first-order valence-corrected chi connectivity index (χ1v) is 7.71. The van der Waals surface area contributed by atoms with Crippen molar-refractivity contribution in [1.29, 1.82) is 5.26 Å². The smallest absolute Gasteiger partial charge is 0.260 e. The van der Waals surface area contributed by atoms with E-state index in [2.05, 4.69) is 6.07 Å². The van der Waals surface area contributed by atoms with E-state index in [-0.39, 0.29) is 12.5 Å². The summed E-state index contributed by atoms with van der Waals surface area (Å²) in [5, 5.41) is 8.80. The summed E-state index contributed by atoms with van der Waals surface area (Å²) < 4.78 is 11.1. The van der Waals surface area contributed by atoms with Crippen LogP contribution < -0.4 is 9.47 Å². The predicted molar refractivity (Wildman–Crippen MR) is 90.7 cm³/mol. The van der Waals surface area contributed by atoms with Crippen LogP contribution in [0.2, 0.25) is 0 Å². The second-order valence-corrected chi connectivity index (χ2v) is 5.23. The lowest BCUT2D eigenvalue weighted by atomic mass is 10.1.